The molecule has 1 aliphatic rings. The van der Waals surface area contributed by atoms with Gasteiger partial charge in [0.05, 0.1) is 0 Å². The molecule has 0 radical (unpaired) electrons. The Morgan fingerprint density at radius 1 is 1.58 bits per heavy atom. The second kappa shape index (κ2) is 6.56. The van der Waals surface area contributed by atoms with Crippen molar-refractivity contribution in [3.8, 4) is 0 Å². The summed E-state index contributed by atoms with van der Waals surface area (Å²) in [5.74, 6) is 1.12. The predicted molar refractivity (Wildman–Crippen MR) is 73.1 cm³/mol. The molecule has 2 rings (SSSR count). The number of carbonyl (C=O) groups is 1. The first-order valence-electron chi connectivity index (χ1n) is 6.87. The van der Waals surface area contributed by atoms with Gasteiger partial charge in [0.25, 0.3) is 0 Å². The fourth-order valence-electron chi connectivity index (χ4n) is 2.39. The first-order chi connectivity index (χ1) is 9.15. The molecular formula is C13H22N4O2. The van der Waals surface area contributed by atoms with Gasteiger partial charge in [0.15, 0.2) is 5.82 Å². The number of rotatable bonds is 4. The first-order valence-corrected chi connectivity index (χ1v) is 6.87. The zero-order chi connectivity index (χ0) is 13.7. The van der Waals surface area contributed by atoms with Crippen molar-refractivity contribution in [2.45, 2.75) is 39.2 Å². The van der Waals surface area contributed by atoms with Crippen LogP contribution in [0.2, 0.25) is 0 Å². The molecule has 0 aromatic carbocycles. The maximum absolute atomic E-state index is 11.6. The molecule has 106 valence electrons. The Morgan fingerprint density at radius 2 is 2.42 bits per heavy atom. The number of hydrogen-bond donors (Lipinski definition) is 2. The van der Waals surface area contributed by atoms with Gasteiger partial charge in [-0.15, -0.1) is 0 Å². The lowest BCUT2D eigenvalue weighted by Crippen LogP contribution is -2.43. The van der Waals surface area contributed by atoms with Crippen LogP contribution in [0.3, 0.4) is 0 Å². The minimum absolute atomic E-state index is 0.238. The fourth-order valence-corrected chi connectivity index (χ4v) is 2.39. The summed E-state index contributed by atoms with van der Waals surface area (Å²) in [5, 5.41) is 9.18. The molecule has 0 unspecified atom stereocenters. The van der Waals surface area contributed by atoms with Gasteiger partial charge in [-0.25, -0.2) is 4.79 Å². The molecule has 0 spiro atoms. The molecule has 2 N–H and O–H groups in total. The van der Waals surface area contributed by atoms with Gasteiger partial charge in [-0.2, -0.15) is 0 Å². The summed E-state index contributed by atoms with van der Waals surface area (Å²) >= 11 is 0. The minimum Gasteiger partial charge on any atom is -0.360 e. The molecule has 2 amide bonds. The molecule has 0 saturated carbocycles. The monoisotopic (exact) mass is 266 g/mol. The smallest absolute Gasteiger partial charge is 0.320 e. The van der Waals surface area contributed by atoms with Crippen LogP contribution in [0.5, 0.6) is 0 Å². The minimum atomic E-state index is -0.238. The van der Waals surface area contributed by atoms with Crippen molar-refractivity contribution in [1.82, 2.24) is 15.4 Å². The van der Waals surface area contributed by atoms with Gasteiger partial charge in [0.2, 0.25) is 0 Å². The summed E-state index contributed by atoms with van der Waals surface area (Å²) in [4.78, 5) is 14.0. The molecule has 0 bridgehead atoms. The quantitative estimate of drug-likeness (QED) is 0.874. The van der Waals surface area contributed by atoms with Gasteiger partial charge in [-0.3, -0.25) is 10.2 Å². The normalized spacial score (nSPS) is 20.2. The predicted octanol–water partition coefficient (Wildman–Crippen LogP) is 1.98. The highest BCUT2D eigenvalue weighted by atomic mass is 16.5. The van der Waals surface area contributed by atoms with Crippen molar-refractivity contribution in [2.24, 2.45) is 0 Å². The number of urea groups is 1. The molecule has 1 atom stereocenters. The average Bonchev–Trinajstić information content (AvgIpc) is 2.77. The summed E-state index contributed by atoms with van der Waals surface area (Å²) in [6.45, 7) is 6.71. The second-order valence-electron chi connectivity index (χ2n) is 5.08. The summed E-state index contributed by atoms with van der Waals surface area (Å²) in [7, 11) is 0. The number of likely N-dealkylation sites (tertiary alicyclic amines) is 1. The Hall–Kier alpha value is -1.56. The van der Waals surface area contributed by atoms with Gasteiger partial charge in [-0.1, -0.05) is 11.6 Å². The third kappa shape index (κ3) is 4.24. The van der Waals surface area contributed by atoms with Crippen LogP contribution in [0, 0.1) is 6.92 Å². The van der Waals surface area contributed by atoms with Gasteiger partial charge >= 0.3 is 6.03 Å². The van der Waals surface area contributed by atoms with Gasteiger partial charge < -0.3 is 9.84 Å². The Balaban J connectivity index is 1.66. The molecule has 0 aliphatic carbocycles. The van der Waals surface area contributed by atoms with Crippen molar-refractivity contribution < 1.29 is 9.32 Å². The van der Waals surface area contributed by atoms with Crippen LogP contribution in [0.4, 0.5) is 10.6 Å². The fraction of sp³-hybridized carbons (Fsp3) is 0.692. The largest absolute Gasteiger partial charge is 0.360 e. The van der Waals surface area contributed by atoms with E-state index in [9.17, 15) is 4.79 Å². The summed E-state index contributed by atoms with van der Waals surface area (Å²) in [6.07, 6.45) is 3.83. The van der Waals surface area contributed by atoms with Crippen molar-refractivity contribution in [1.29, 1.82) is 0 Å². The van der Waals surface area contributed by atoms with Crippen LogP contribution in [-0.2, 0) is 0 Å². The average molecular weight is 266 g/mol. The van der Waals surface area contributed by atoms with E-state index in [-0.39, 0.29) is 6.03 Å². The zero-order valence-electron chi connectivity index (χ0n) is 11.6. The summed E-state index contributed by atoms with van der Waals surface area (Å²) < 4.78 is 4.88. The van der Waals surface area contributed by atoms with Crippen LogP contribution >= 0.6 is 0 Å². The Kier molecular flexibility index (Phi) is 4.79. The SMILES string of the molecule is Cc1cc(NC(=O)NCCN2CCCC[C@H]2C)no1. The van der Waals surface area contributed by atoms with Crippen molar-refractivity contribution in [2.75, 3.05) is 25.0 Å². The van der Waals surface area contributed by atoms with Crippen LogP contribution in [0.25, 0.3) is 0 Å². The highest BCUT2D eigenvalue weighted by molar-refractivity contribution is 5.88. The molecule has 2 heterocycles. The third-order valence-corrected chi connectivity index (χ3v) is 3.49. The van der Waals surface area contributed by atoms with E-state index in [1.807, 2.05) is 0 Å². The summed E-state index contributed by atoms with van der Waals surface area (Å²) in [5.41, 5.74) is 0. The number of piperidine rings is 1. The molecule has 1 aliphatic heterocycles. The van der Waals surface area contributed by atoms with Crippen LogP contribution in [0.1, 0.15) is 31.9 Å². The van der Waals surface area contributed by atoms with E-state index in [1.54, 1.807) is 13.0 Å². The topological polar surface area (TPSA) is 70.4 Å². The molecule has 6 heteroatoms. The van der Waals surface area contributed by atoms with E-state index in [0.29, 0.717) is 24.2 Å². The van der Waals surface area contributed by atoms with Gasteiger partial charge in [0.1, 0.15) is 5.76 Å². The molecule has 1 aromatic rings. The number of hydrogen-bond acceptors (Lipinski definition) is 4. The number of anilines is 1. The number of nitrogens with zero attached hydrogens (tertiary/aromatic N) is 2. The van der Waals surface area contributed by atoms with Crippen molar-refractivity contribution in [3.63, 3.8) is 0 Å². The van der Waals surface area contributed by atoms with Crippen molar-refractivity contribution >= 4 is 11.8 Å². The Morgan fingerprint density at radius 3 is 3.11 bits per heavy atom. The molecule has 1 aromatic heterocycles. The summed E-state index contributed by atoms with van der Waals surface area (Å²) in [6, 6.07) is 2.07. The van der Waals surface area contributed by atoms with Crippen LogP contribution in [0.15, 0.2) is 10.6 Å². The van der Waals surface area contributed by atoms with Crippen molar-refractivity contribution in [3.05, 3.63) is 11.8 Å². The molecule has 1 saturated heterocycles. The number of aryl methyl sites for hydroxylation is 1. The van der Waals surface area contributed by atoms with Crippen LogP contribution < -0.4 is 10.6 Å². The molecule has 6 nitrogen and oxygen atoms in total. The number of nitrogens with one attached hydrogen (secondary N) is 2. The van der Waals surface area contributed by atoms with Gasteiger partial charge in [-0.05, 0) is 33.2 Å². The molecule has 19 heavy (non-hydrogen) atoms. The lowest BCUT2D eigenvalue weighted by molar-refractivity contribution is 0.162. The lowest BCUT2D eigenvalue weighted by Gasteiger charge is -2.33. The third-order valence-electron chi connectivity index (χ3n) is 3.49. The molecular weight excluding hydrogens is 244 g/mol. The zero-order valence-corrected chi connectivity index (χ0v) is 11.6. The highest BCUT2D eigenvalue weighted by Crippen LogP contribution is 2.15. The van der Waals surface area contributed by atoms with E-state index >= 15 is 0 Å². The lowest BCUT2D eigenvalue weighted by atomic mass is 10.0. The van der Waals surface area contributed by atoms with E-state index in [0.717, 1.165) is 13.1 Å². The van der Waals surface area contributed by atoms with Gasteiger partial charge in [0, 0.05) is 25.2 Å². The highest BCUT2D eigenvalue weighted by Gasteiger charge is 2.17. The molecule has 1 fully saturated rings. The maximum Gasteiger partial charge on any atom is 0.320 e. The van der Waals surface area contributed by atoms with E-state index < -0.39 is 0 Å². The number of aromatic nitrogens is 1. The number of carbonyl (C=O) groups excluding carboxylic acids is 1. The first kappa shape index (κ1) is 13.9. The standard InChI is InChI=1S/C13H22N4O2/c1-10-5-3-4-7-17(10)8-6-14-13(18)15-12-9-11(2)19-16-12/h9-10H,3-8H2,1-2H3,(H2,14,15,16,18)/t10-/m1/s1. The number of amides is 2. The second-order valence-corrected chi connectivity index (χ2v) is 5.08. The Labute approximate surface area is 113 Å². The van der Waals surface area contributed by atoms with E-state index in [2.05, 4.69) is 27.6 Å². The van der Waals surface area contributed by atoms with E-state index in [1.165, 1.54) is 19.3 Å². The van der Waals surface area contributed by atoms with Crippen LogP contribution in [-0.4, -0.2) is 41.8 Å². The maximum atomic E-state index is 11.6. The Bertz CT molecular complexity index is 419. The van der Waals surface area contributed by atoms with E-state index in [4.69, 9.17) is 4.52 Å².